The molecule has 0 saturated heterocycles. The van der Waals surface area contributed by atoms with Crippen molar-refractivity contribution in [2.75, 3.05) is 16.8 Å². The normalized spacial score (nSPS) is 19.1. The van der Waals surface area contributed by atoms with Gasteiger partial charge in [0.15, 0.2) is 0 Å². The van der Waals surface area contributed by atoms with Gasteiger partial charge in [0.2, 0.25) is 11.8 Å². The highest BCUT2D eigenvalue weighted by Crippen LogP contribution is 2.35. The number of carbonyl (C=O) groups is 2. The predicted molar refractivity (Wildman–Crippen MR) is 88.4 cm³/mol. The molecule has 2 aliphatic rings. The van der Waals surface area contributed by atoms with Crippen molar-refractivity contribution in [3.8, 4) is 0 Å². The number of rotatable bonds is 3. The van der Waals surface area contributed by atoms with Crippen molar-refractivity contribution < 1.29 is 9.59 Å². The number of carbonyl (C=O) groups excluding carboxylic acids is 2. The van der Waals surface area contributed by atoms with E-state index in [1.807, 2.05) is 23.1 Å². The lowest BCUT2D eigenvalue weighted by molar-refractivity contribution is -0.122. The highest BCUT2D eigenvalue weighted by atomic mass is 35.5. The molecule has 0 radical (unpaired) electrons. The summed E-state index contributed by atoms with van der Waals surface area (Å²) in [6.07, 6.45) is 5.20. The first-order valence-electron chi connectivity index (χ1n) is 7.95. The molecule has 5 heteroatoms. The van der Waals surface area contributed by atoms with Gasteiger partial charge in [-0.1, -0.05) is 18.9 Å². The summed E-state index contributed by atoms with van der Waals surface area (Å²) in [6.45, 7) is 2.38. The zero-order valence-corrected chi connectivity index (χ0v) is 13.5. The molecular formula is C17H21ClN2O2. The zero-order chi connectivity index (χ0) is 15.7. The molecule has 1 aromatic carbocycles. The molecular weight excluding hydrogens is 300 g/mol. The molecule has 1 heterocycles. The first-order chi connectivity index (χ1) is 10.6. The first kappa shape index (κ1) is 15.3. The minimum absolute atomic E-state index is 0.173. The Morgan fingerprint density at radius 1 is 1.32 bits per heavy atom. The van der Waals surface area contributed by atoms with E-state index >= 15 is 0 Å². The van der Waals surface area contributed by atoms with Crippen LogP contribution in [0.1, 0.15) is 38.2 Å². The summed E-state index contributed by atoms with van der Waals surface area (Å²) in [6, 6.07) is 5.76. The predicted octanol–water partition coefficient (Wildman–Crippen LogP) is 3.33. The van der Waals surface area contributed by atoms with Gasteiger partial charge in [0.1, 0.15) is 5.38 Å². The minimum Gasteiger partial charge on any atom is -0.325 e. The number of anilines is 2. The third-order valence-corrected chi connectivity index (χ3v) is 4.78. The number of nitrogens with one attached hydrogen (secondary N) is 1. The number of nitrogens with zero attached hydrogens (tertiary/aromatic N) is 1. The Balaban J connectivity index is 1.79. The molecule has 0 aromatic heterocycles. The maximum absolute atomic E-state index is 12.7. The molecule has 1 aliphatic heterocycles. The van der Waals surface area contributed by atoms with E-state index in [0.29, 0.717) is 5.69 Å². The van der Waals surface area contributed by atoms with Crippen LogP contribution in [0, 0.1) is 5.92 Å². The molecule has 1 unspecified atom stereocenters. The second-order valence-corrected chi connectivity index (χ2v) is 6.82. The molecule has 3 rings (SSSR count). The van der Waals surface area contributed by atoms with Crippen molar-refractivity contribution in [3.05, 3.63) is 23.8 Å². The number of benzene rings is 1. The Morgan fingerprint density at radius 3 is 2.73 bits per heavy atom. The van der Waals surface area contributed by atoms with E-state index in [9.17, 15) is 9.59 Å². The van der Waals surface area contributed by atoms with Crippen LogP contribution in [-0.4, -0.2) is 23.7 Å². The van der Waals surface area contributed by atoms with Crippen LogP contribution < -0.4 is 10.2 Å². The Kier molecular flexibility index (Phi) is 4.39. The number of hydrogen-bond acceptors (Lipinski definition) is 2. The van der Waals surface area contributed by atoms with E-state index in [-0.39, 0.29) is 17.7 Å². The number of hydrogen-bond donors (Lipinski definition) is 1. The Bertz CT molecular complexity index is 594. The van der Waals surface area contributed by atoms with E-state index in [4.69, 9.17) is 11.6 Å². The summed E-state index contributed by atoms with van der Waals surface area (Å²) >= 11 is 5.78. The summed E-state index contributed by atoms with van der Waals surface area (Å²) in [7, 11) is 0. The van der Waals surface area contributed by atoms with Crippen LogP contribution >= 0.6 is 11.6 Å². The van der Waals surface area contributed by atoms with Gasteiger partial charge >= 0.3 is 0 Å². The minimum atomic E-state index is -0.579. The van der Waals surface area contributed by atoms with Crippen LogP contribution in [-0.2, 0) is 16.0 Å². The first-order valence-corrected chi connectivity index (χ1v) is 8.39. The van der Waals surface area contributed by atoms with Gasteiger partial charge in [-0.3, -0.25) is 9.59 Å². The van der Waals surface area contributed by atoms with Crippen LogP contribution in [0.15, 0.2) is 18.2 Å². The van der Waals surface area contributed by atoms with Gasteiger partial charge in [-0.15, -0.1) is 11.6 Å². The molecule has 2 amide bonds. The van der Waals surface area contributed by atoms with E-state index in [1.54, 1.807) is 6.92 Å². The van der Waals surface area contributed by atoms with Crippen LogP contribution in [0.5, 0.6) is 0 Å². The number of amides is 2. The topological polar surface area (TPSA) is 49.4 Å². The Morgan fingerprint density at radius 2 is 2.05 bits per heavy atom. The SMILES string of the molecule is CC(Cl)C(=O)Nc1ccc2c(c1)N(C(=O)C1CCCC1)CC2. The molecule has 1 aliphatic carbocycles. The maximum Gasteiger partial charge on any atom is 0.242 e. The van der Waals surface area contributed by atoms with Gasteiger partial charge in [-0.2, -0.15) is 0 Å². The monoisotopic (exact) mass is 320 g/mol. The summed E-state index contributed by atoms with van der Waals surface area (Å²) in [5.74, 6) is 0.186. The molecule has 0 bridgehead atoms. The lowest BCUT2D eigenvalue weighted by Gasteiger charge is -2.21. The van der Waals surface area contributed by atoms with Gasteiger partial charge in [-0.05, 0) is 43.9 Å². The van der Waals surface area contributed by atoms with Crippen molar-refractivity contribution in [3.63, 3.8) is 0 Å². The second-order valence-electron chi connectivity index (χ2n) is 6.17. The van der Waals surface area contributed by atoms with Gasteiger partial charge < -0.3 is 10.2 Å². The molecule has 1 aromatic rings. The fourth-order valence-electron chi connectivity index (χ4n) is 3.32. The summed E-state index contributed by atoms with van der Waals surface area (Å²) in [5.41, 5.74) is 2.81. The quantitative estimate of drug-likeness (QED) is 0.868. The van der Waals surface area contributed by atoms with Gasteiger partial charge in [0.25, 0.3) is 0 Å². The number of alkyl halides is 1. The number of fused-ring (bicyclic) bond motifs is 1. The summed E-state index contributed by atoms with van der Waals surface area (Å²) in [5, 5.41) is 2.21. The van der Waals surface area contributed by atoms with Crippen LogP contribution in [0.2, 0.25) is 0 Å². The largest absolute Gasteiger partial charge is 0.325 e. The van der Waals surface area contributed by atoms with Crippen molar-refractivity contribution in [1.29, 1.82) is 0 Å². The summed E-state index contributed by atoms with van der Waals surface area (Å²) in [4.78, 5) is 26.3. The molecule has 118 valence electrons. The van der Waals surface area contributed by atoms with Crippen LogP contribution in [0.25, 0.3) is 0 Å². The molecule has 0 spiro atoms. The lowest BCUT2D eigenvalue weighted by atomic mass is 10.1. The lowest BCUT2D eigenvalue weighted by Crippen LogP contribution is -2.33. The van der Waals surface area contributed by atoms with Gasteiger partial charge in [0.05, 0.1) is 0 Å². The highest BCUT2D eigenvalue weighted by Gasteiger charge is 2.32. The molecule has 1 saturated carbocycles. The second kappa shape index (κ2) is 6.29. The maximum atomic E-state index is 12.7. The van der Waals surface area contributed by atoms with Crippen molar-refractivity contribution in [1.82, 2.24) is 0 Å². The highest BCUT2D eigenvalue weighted by molar-refractivity contribution is 6.32. The number of halogens is 1. The Labute approximate surface area is 135 Å². The van der Waals surface area contributed by atoms with Crippen molar-refractivity contribution in [2.24, 2.45) is 5.92 Å². The molecule has 1 N–H and O–H groups in total. The van der Waals surface area contributed by atoms with E-state index < -0.39 is 5.38 Å². The van der Waals surface area contributed by atoms with Crippen molar-refractivity contribution in [2.45, 2.75) is 44.4 Å². The zero-order valence-electron chi connectivity index (χ0n) is 12.8. The van der Waals surface area contributed by atoms with Crippen molar-refractivity contribution >= 4 is 34.8 Å². The molecule has 1 atom stereocenters. The average Bonchev–Trinajstić information content (AvgIpc) is 3.15. The molecule has 1 fully saturated rings. The van der Waals surface area contributed by atoms with Gasteiger partial charge in [-0.25, -0.2) is 0 Å². The van der Waals surface area contributed by atoms with Crippen LogP contribution in [0.4, 0.5) is 11.4 Å². The molecule has 4 nitrogen and oxygen atoms in total. The molecule has 22 heavy (non-hydrogen) atoms. The average molecular weight is 321 g/mol. The Hall–Kier alpha value is -1.55. The fraction of sp³-hybridized carbons (Fsp3) is 0.529. The van der Waals surface area contributed by atoms with E-state index in [1.165, 1.54) is 5.56 Å². The third-order valence-electron chi connectivity index (χ3n) is 4.58. The standard InChI is InChI=1S/C17H21ClN2O2/c1-11(18)16(21)19-14-7-6-12-8-9-20(15(12)10-14)17(22)13-4-2-3-5-13/h6-7,10-11,13H,2-5,8-9H2,1H3,(H,19,21). The third kappa shape index (κ3) is 2.98. The van der Waals surface area contributed by atoms with E-state index in [0.717, 1.165) is 44.3 Å². The fourth-order valence-corrected chi connectivity index (χ4v) is 3.38. The van der Waals surface area contributed by atoms with Gasteiger partial charge in [0, 0.05) is 23.8 Å². The smallest absolute Gasteiger partial charge is 0.242 e. The van der Waals surface area contributed by atoms with E-state index in [2.05, 4.69) is 5.32 Å². The van der Waals surface area contributed by atoms with Crippen LogP contribution in [0.3, 0.4) is 0 Å². The summed E-state index contributed by atoms with van der Waals surface area (Å²) < 4.78 is 0.